The molecule has 2 aliphatic rings. The van der Waals surface area contributed by atoms with Crippen molar-refractivity contribution < 1.29 is 9.59 Å². The molecule has 2 aliphatic heterocycles. The van der Waals surface area contributed by atoms with Crippen molar-refractivity contribution in [3.63, 3.8) is 0 Å². The maximum atomic E-state index is 12.3. The van der Waals surface area contributed by atoms with Crippen LogP contribution in [-0.2, 0) is 9.59 Å². The first-order valence-electron chi connectivity index (χ1n) is 6.28. The number of carbonyl (C=O) groups is 2. The summed E-state index contributed by atoms with van der Waals surface area (Å²) in [5.74, 6) is -0.404. The molecule has 1 saturated heterocycles. The SMILES string of the molecule is C=CC1=C(/C=C\C)C(=O)N(C2CCCNC2)C1=O. The zero-order chi connectivity index (χ0) is 13.1. The van der Waals surface area contributed by atoms with E-state index in [0.29, 0.717) is 17.7 Å². The molecular weight excluding hydrogens is 228 g/mol. The van der Waals surface area contributed by atoms with Gasteiger partial charge in [-0.15, -0.1) is 0 Å². The van der Waals surface area contributed by atoms with Crippen molar-refractivity contribution in [1.29, 1.82) is 0 Å². The Kier molecular flexibility index (Phi) is 3.77. The van der Waals surface area contributed by atoms with Crippen molar-refractivity contribution >= 4 is 11.8 Å². The van der Waals surface area contributed by atoms with E-state index in [1.54, 1.807) is 12.2 Å². The average molecular weight is 246 g/mol. The lowest BCUT2D eigenvalue weighted by atomic mass is 10.1. The van der Waals surface area contributed by atoms with Gasteiger partial charge in [0.15, 0.2) is 0 Å². The van der Waals surface area contributed by atoms with Crippen molar-refractivity contribution in [3.8, 4) is 0 Å². The predicted molar refractivity (Wildman–Crippen MR) is 69.8 cm³/mol. The number of carbonyl (C=O) groups excluding carboxylic acids is 2. The molecule has 1 N–H and O–H groups in total. The zero-order valence-electron chi connectivity index (χ0n) is 10.6. The van der Waals surface area contributed by atoms with Gasteiger partial charge < -0.3 is 5.32 Å². The quantitative estimate of drug-likeness (QED) is 0.760. The number of nitrogens with zero attached hydrogens (tertiary/aromatic N) is 1. The summed E-state index contributed by atoms with van der Waals surface area (Å²) in [6.07, 6.45) is 6.80. The van der Waals surface area contributed by atoms with Crippen LogP contribution in [0.25, 0.3) is 0 Å². The molecule has 1 unspecified atom stereocenters. The first-order valence-corrected chi connectivity index (χ1v) is 6.28. The van der Waals surface area contributed by atoms with E-state index >= 15 is 0 Å². The molecule has 2 heterocycles. The lowest BCUT2D eigenvalue weighted by Gasteiger charge is -2.30. The normalized spacial score (nSPS) is 25.4. The van der Waals surface area contributed by atoms with Crippen molar-refractivity contribution in [1.82, 2.24) is 10.2 Å². The summed E-state index contributed by atoms with van der Waals surface area (Å²) in [4.78, 5) is 25.9. The topological polar surface area (TPSA) is 49.4 Å². The first-order chi connectivity index (χ1) is 8.70. The highest BCUT2D eigenvalue weighted by Crippen LogP contribution is 2.26. The van der Waals surface area contributed by atoms with Crippen molar-refractivity contribution in [2.45, 2.75) is 25.8 Å². The molecule has 1 atom stereocenters. The first kappa shape index (κ1) is 12.8. The second-order valence-corrected chi connectivity index (χ2v) is 4.51. The maximum absolute atomic E-state index is 12.3. The number of hydrogen-bond acceptors (Lipinski definition) is 3. The van der Waals surface area contributed by atoms with Crippen LogP contribution in [0.5, 0.6) is 0 Å². The van der Waals surface area contributed by atoms with E-state index in [1.165, 1.54) is 11.0 Å². The number of nitrogens with one attached hydrogen (secondary N) is 1. The Bertz CT molecular complexity index is 443. The Morgan fingerprint density at radius 3 is 2.61 bits per heavy atom. The molecule has 96 valence electrons. The second-order valence-electron chi connectivity index (χ2n) is 4.51. The largest absolute Gasteiger partial charge is 0.315 e. The number of amides is 2. The van der Waals surface area contributed by atoms with Gasteiger partial charge in [-0.25, -0.2) is 0 Å². The molecule has 0 aliphatic carbocycles. The van der Waals surface area contributed by atoms with E-state index in [2.05, 4.69) is 11.9 Å². The van der Waals surface area contributed by atoms with Crippen LogP contribution in [0.3, 0.4) is 0 Å². The smallest absolute Gasteiger partial charge is 0.261 e. The Balaban J connectivity index is 2.29. The number of piperidine rings is 1. The number of hydrogen-bond donors (Lipinski definition) is 1. The van der Waals surface area contributed by atoms with Crippen LogP contribution in [0, 0.1) is 0 Å². The zero-order valence-corrected chi connectivity index (χ0v) is 10.6. The van der Waals surface area contributed by atoms with Gasteiger partial charge in [0.05, 0.1) is 17.2 Å². The van der Waals surface area contributed by atoms with Crippen LogP contribution in [0.15, 0.2) is 36.0 Å². The Labute approximate surface area is 107 Å². The van der Waals surface area contributed by atoms with E-state index in [4.69, 9.17) is 0 Å². The minimum Gasteiger partial charge on any atom is -0.315 e. The molecule has 0 aromatic heterocycles. The van der Waals surface area contributed by atoms with Crippen molar-refractivity contribution in [3.05, 3.63) is 36.0 Å². The maximum Gasteiger partial charge on any atom is 0.261 e. The summed E-state index contributed by atoms with van der Waals surface area (Å²) in [6.45, 7) is 7.10. The van der Waals surface area contributed by atoms with Crippen LogP contribution in [-0.4, -0.2) is 35.8 Å². The van der Waals surface area contributed by atoms with Gasteiger partial charge in [0, 0.05) is 6.54 Å². The summed E-state index contributed by atoms with van der Waals surface area (Å²) in [7, 11) is 0. The third-order valence-corrected chi connectivity index (χ3v) is 3.36. The summed E-state index contributed by atoms with van der Waals surface area (Å²) in [6, 6.07) is -0.0311. The summed E-state index contributed by atoms with van der Waals surface area (Å²) < 4.78 is 0. The summed E-state index contributed by atoms with van der Waals surface area (Å²) in [5, 5.41) is 3.22. The molecule has 2 amide bonds. The van der Waals surface area contributed by atoms with Gasteiger partial charge in [0.2, 0.25) is 0 Å². The van der Waals surface area contributed by atoms with Crippen LogP contribution in [0.1, 0.15) is 19.8 Å². The molecular formula is C14H18N2O2. The van der Waals surface area contributed by atoms with Gasteiger partial charge in [0.1, 0.15) is 0 Å². The van der Waals surface area contributed by atoms with E-state index in [0.717, 1.165) is 19.4 Å². The van der Waals surface area contributed by atoms with Crippen LogP contribution < -0.4 is 5.32 Å². The van der Waals surface area contributed by atoms with Gasteiger partial charge in [-0.2, -0.15) is 0 Å². The third kappa shape index (κ3) is 2.04. The predicted octanol–water partition coefficient (Wildman–Crippen LogP) is 1.17. The monoisotopic (exact) mass is 246 g/mol. The number of allylic oxidation sites excluding steroid dienone is 1. The van der Waals surface area contributed by atoms with E-state index < -0.39 is 0 Å². The molecule has 0 bridgehead atoms. The molecule has 0 aromatic rings. The highest BCUT2D eigenvalue weighted by molar-refractivity contribution is 6.22. The van der Waals surface area contributed by atoms with Gasteiger partial charge >= 0.3 is 0 Å². The van der Waals surface area contributed by atoms with E-state index in [9.17, 15) is 9.59 Å². The van der Waals surface area contributed by atoms with Gasteiger partial charge in [-0.3, -0.25) is 14.5 Å². The van der Waals surface area contributed by atoms with E-state index in [1.807, 2.05) is 6.92 Å². The Morgan fingerprint density at radius 1 is 1.33 bits per heavy atom. The fraction of sp³-hybridized carbons (Fsp3) is 0.429. The molecule has 2 rings (SSSR count). The second kappa shape index (κ2) is 5.31. The summed E-state index contributed by atoms with van der Waals surface area (Å²) >= 11 is 0. The lowest BCUT2D eigenvalue weighted by Crippen LogP contribution is -2.49. The van der Waals surface area contributed by atoms with Crippen LogP contribution in [0.4, 0.5) is 0 Å². The third-order valence-electron chi connectivity index (χ3n) is 3.36. The molecule has 4 heteroatoms. The molecule has 0 spiro atoms. The summed E-state index contributed by atoms with van der Waals surface area (Å²) in [5.41, 5.74) is 0.881. The van der Waals surface area contributed by atoms with Crippen LogP contribution in [0.2, 0.25) is 0 Å². The molecule has 0 saturated carbocycles. The minimum atomic E-state index is -0.211. The van der Waals surface area contributed by atoms with Crippen LogP contribution >= 0.6 is 0 Å². The average Bonchev–Trinajstić information content (AvgIpc) is 2.62. The molecule has 4 nitrogen and oxygen atoms in total. The van der Waals surface area contributed by atoms with E-state index in [-0.39, 0.29) is 17.9 Å². The Morgan fingerprint density at radius 2 is 2.06 bits per heavy atom. The Hall–Kier alpha value is -1.68. The van der Waals surface area contributed by atoms with Crippen molar-refractivity contribution in [2.24, 2.45) is 0 Å². The van der Waals surface area contributed by atoms with Gasteiger partial charge in [-0.05, 0) is 26.3 Å². The van der Waals surface area contributed by atoms with Crippen molar-refractivity contribution in [2.75, 3.05) is 13.1 Å². The fourth-order valence-corrected chi connectivity index (χ4v) is 2.49. The highest BCUT2D eigenvalue weighted by atomic mass is 16.2. The van der Waals surface area contributed by atoms with Gasteiger partial charge in [-0.1, -0.05) is 24.8 Å². The number of rotatable bonds is 3. The molecule has 0 radical (unpaired) electrons. The molecule has 0 aromatic carbocycles. The molecule has 1 fully saturated rings. The highest BCUT2D eigenvalue weighted by Gasteiger charge is 2.40. The molecule has 18 heavy (non-hydrogen) atoms. The minimum absolute atomic E-state index is 0.0311. The standard InChI is InChI=1S/C14H18N2O2/c1-3-6-12-11(4-2)13(17)16(14(12)18)10-7-5-8-15-9-10/h3-4,6,10,15H,2,5,7-9H2,1H3/b6-3-. The number of imide groups is 1. The lowest BCUT2D eigenvalue weighted by molar-refractivity contribution is -0.140. The van der Waals surface area contributed by atoms with Gasteiger partial charge in [0.25, 0.3) is 11.8 Å². The fourth-order valence-electron chi connectivity index (χ4n) is 2.49.